The molecule has 0 saturated heterocycles. The van der Waals surface area contributed by atoms with E-state index in [9.17, 15) is 14.3 Å². The Kier molecular flexibility index (Phi) is 37.8. The molecule has 0 spiro atoms. The van der Waals surface area contributed by atoms with Crippen LogP contribution in [0, 0.1) is 0 Å². The molecule has 0 aliphatic rings. The molecule has 0 aliphatic carbocycles. The maximum atomic E-state index is 12.7. The molecule has 0 bridgehead atoms. The number of hydrogen-bond acceptors (Lipinski definition) is 7. The van der Waals surface area contributed by atoms with E-state index in [0.29, 0.717) is 24.1 Å². The fraction of sp³-hybridized carbons (Fsp3) is 0.761. The Morgan fingerprint density at radius 1 is 0.582 bits per heavy atom. The molecule has 0 heterocycles. The summed E-state index contributed by atoms with van der Waals surface area (Å²) in [5.41, 5.74) is 0. The second kappa shape index (κ2) is 39.0. The molecule has 0 aromatic heterocycles. The summed E-state index contributed by atoms with van der Waals surface area (Å²) >= 11 is 0. The maximum absolute atomic E-state index is 12.7. The van der Waals surface area contributed by atoms with Gasteiger partial charge in [0.25, 0.3) is 7.82 Å². The molecule has 0 fully saturated rings. The van der Waals surface area contributed by atoms with E-state index in [4.69, 9.17) is 18.5 Å². The predicted octanol–water partition coefficient (Wildman–Crippen LogP) is 12.3. The quantitative estimate of drug-likeness (QED) is 0.0200. The van der Waals surface area contributed by atoms with Gasteiger partial charge in [-0.3, -0.25) is 9.36 Å². The Balaban J connectivity index is 4.28. The summed E-state index contributed by atoms with van der Waals surface area (Å²) < 4.78 is 34.6. The molecule has 0 amide bonds. The molecule has 0 aromatic carbocycles. The molecule has 0 N–H and O–H groups in total. The van der Waals surface area contributed by atoms with Gasteiger partial charge in [0.15, 0.2) is 0 Å². The first-order valence-electron chi connectivity index (χ1n) is 22.0. The van der Waals surface area contributed by atoms with Crippen LogP contribution in [-0.2, 0) is 27.9 Å². The summed E-state index contributed by atoms with van der Waals surface area (Å²) in [5, 5.41) is 0. The summed E-state index contributed by atoms with van der Waals surface area (Å²) in [7, 11) is 1.33. The molecule has 0 rings (SSSR count). The highest BCUT2D eigenvalue weighted by atomic mass is 31.2. The van der Waals surface area contributed by atoms with Crippen molar-refractivity contribution in [1.82, 2.24) is 0 Å². The SMILES string of the molecule is CC/C=C\C/C=C\C/C=C\CCCCCCCCCC(=O)OC(COCCCCCCCC/C=C\C/C=C\CCCCC)COP(=O)([O-])OCC[N+](C)(C)C. The number of hydrogen-bond donors (Lipinski definition) is 0. The van der Waals surface area contributed by atoms with Gasteiger partial charge in [-0.15, -0.1) is 0 Å². The standard InChI is InChI=1S/C46H84NO7P/c1-6-8-10-12-14-16-18-20-22-24-25-27-29-31-33-35-37-39-46(48)54-45(44-53-55(49,50)52-42-40-47(3,4)5)43-51-41-38-36-34-32-30-28-26-23-21-19-17-15-13-11-9-7-2/h8,10,14-17,20-23,45H,6-7,9,11-13,18-19,24-44H2,1-5H3/b10-8-,16-14-,17-15-,22-20-,23-21-. The van der Waals surface area contributed by atoms with Gasteiger partial charge in [-0.1, -0.05) is 145 Å². The van der Waals surface area contributed by atoms with Crippen molar-refractivity contribution in [3.63, 3.8) is 0 Å². The van der Waals surface area contributed by atoms with Crippen molar-refractivity contribution in [3.05, 3.63) is 60.8 Å². The predicted molar refractivity (Wildman–Crippen MR) is 231 cm³/mol. The number of unbranched alkanes of at least 4 members (excludes halogenated alkanes) is 16. The molecule has 2 unspecified atom stereocenters. The van der Waals surface area contributed by atoms with Crippen LogP contribution in [0.25, 0.3) is 0 Å². The topological polar surface area (TPSA) is 94.1 Å². The number of ether oxygens (including phenoxy) is 2. The molecule has 0 aliphatic heterocycles. The monoisotopic (exact) mass is 794 g/mol. The van der Waals surface area contributed by atoms with E-state index < -0.39 is 13.9 Å². The van der Waals surface area contributed by atoms with E-state index in [-0.39, 0.29) is 25.8 Å². The summed E-state index contributed by atoms with van der Waals surface area (Å²) in [6.45, 7) is 5.23. The summed E-state index contributed by atoms with van der Waals surface area (Å²) in [6.07, 6.45) is 48.0. The number of quaternary nitrogens is 1. The number of allylic oxidation sites excluding steroid dienone is 10. The molecular formula is C46H84NO7P. The molecule has 320 valence electrons. The molecule has 0 radical (unpaired) electrons. The van der Waals surface area contributed by atoms with Crippen LogP contribution in [0.5, 0.6) is 0 Å². The Morgan fingerprint density at radius 3 is 1.58 bits per heavy atom. The summed E-state index contributed by atoms with van der Waals surface area (Å²) in [5.74, 6) is -0.350. The molecule has 9 heteroatoms. The third-order valence-electron chi connectivity index (χ3n) is 9.05. The Bertz CT molecular complexity index is 1060. The minimum absolute atomic E-state index is 0.0191. The first-order valence-corrected chi connectivity index (χ1v) is 23.5. The van der Waals surface area contributed by atoms with Crippen molar-refractivity contribution in [2.24, 2.45) is 0 Å². The van der Waals surface area contributed by atoms with Gasteiger partial charge in [-0.05, 0) is 77.0 Å². The normalized spacial score (nSPS) is 14.4. The van der Waals surface area contributed by atoms with Crippen molar-refractivity contribution in [1.29, 1.82) is 0 Å². The Labute approximate surface area is 339 Å². The van der Waals surface area contributed by atoms with E-state index in [1.54, 1.807) is 0 Å². The van der Waals surface area contributed by atoms with Crippen molar-refractivity contribution in [2.75, 3.05) is 54.1 Å². The van der Waals surface area contributed by atoms with Gasteiger partial charge in [0.2, 0.25) is 0 Å². The van der Waals surface area contributed by atoms with Crippen LogP contribution < -0.4 is 4.89 Å². The van der Waals surface area contributed by atoms with E-state index in [0.717, 1.165) is 77.0 Å². The van der Waals surface area contributed by atoms with Crippen molar-refractivity contribution >= 4 is 13.8 Å². The molecule has 0 aromatic rings. The van der Waals surface area contributed by atoms with Gasteiger partial charge in [-0.2, -0.15) is 0 Å². The number of phosphoric ester groups is 1. The first kappa shape index (κ1) is 53.2. The lowest BCUT2D eigenvalue weighted by Crippen LogP contribution is -2.37. The average Bonchev–Trinajstić information content (AvgIpc) is 3.13. The molecule has 0 saturated carbocycles. The molecule has 2 atom stereocenters. The lowest BCUT2D eigenvalue weighted by atomic mass is 10.1. The van der Waals surface area contributed by atoms with Crippen molar-refractivity contribution in [3.8, 4) is 0 Å². The zero-order valence-electron chi connectivity index (χ0n) is 36.1. The van der Waals surface area contributed by atoms with Gasteiger partial charge in [0.1, 0.15) is 19.3 Å². The second-order valence-electron chi connectivity index (χ2n) is 15.7. The van der Waals surface area contributed by atoms with Crippen molar-refractivity contribution < 1.29 is 37.3 Å². The fourth-order valence-electron chi connectivity index (χ4n) is 5.65. The number of rotatable bonds is 40. The number of phosphoric acid groups is 1. The van der Waals surface area contributed by atoms with E-state index in [2.05, 4.69) is 74.6 Å². The smallest absolute Gasteiger partial charge is 0.306 e. The highest BCUT2D eigenvalue weighted by molar-refractivity contribution is 7.45. The number of nitrogens with zero attached hydrogens (tertiary/aromatic N) is 1. The number of carbonyl (C=O) groups is 1. The highest BCUT2D eigenvalue weighted by Gasteiger charge is 2.20. The van der Waals surface area contributed by atoms with Gasteiger partial charge in [0, 0.05) is 13.0 Å². The number of esters is 1. The number of likely N-dealkylation sites (N-methyl/N-ethyl adjacent to an activating group) is 1. The third-order valence-corrected chi connectivity index (χ3v) is 10.0. The van der Waals surface area contributed by atoms with Crippen LogP contribution in [0.4, 0.5) is 0 Å². The fourth-order valence-corrected chi connectivity index (χ4v) is 6.38. The lowest BCUT2D eigenvalue weighted by Gasteiger charge is -2.28. The van der Waals surface area contributed by atoms with Crippen LogP contribution in [0.15, 0.2) is 60.8 Å². The van der Waals surface area contributed by atoms with Gasteiger partial charge in [-0.25, -0.2) is 0 Å². The van der Waals surface area contributed by atoms with E-state index in [1.807, 2.05) is 21.1 Å². The Morgan fingerprint density at radius 2 is 1.05 bits per heavy atom. The maximum Gasteiger partial charge on any atom is 0.306 e. The number of carbonyl (C=O) groups excluding carboxylic acids is 1. The average molecular weight is 794 g/mol. The minimum atomic E-state index is -4.53. The summed E-state index contributed by atoms with van der Waals surface area (Å²) in [6, 6.07) is 0. The van der Waals surface area contributed by atoms with Crippen LogP contribution in [0.1, 0.15) is 168 Å². The summed E-state index contributed by atoms with van der Waals surface area (Å²) in [4.78, 5) is 25.1. The van der Waals surface area contributed by atoms with Gasteiger partial charge >= 0.3 is 5.97 Å². The van der Waals surface area contributed by atoms with Gasteiger partial charge < -0.3 is 27.9 Å². The van der Waals surface area contributed by atoms with Crippen LogP contribution in [-0.4, -0.2) is 70.7 Å². The van der Waals surface area contributed by atoms with Crippen LogP contribution >= 0.6 is 7.82 Å². The van der Waals surface area contributed by atoms with Crippen molar-refractivity contribution in [2.45, 2.75) is 174 Å². The van der Waals surface area contributed by atoms with Gasteiger partial charge in [0.05, 0.1) is 34.4 Å². The first-order chi connectivity index (χ1) is 26.6. The van der Waals surface area contributed by atoms with E-state index >= 15 is 0 Å². The van der Waals surface area contributed by atoms with E-state index in [1.165, 1.54) is 70.6 Å². The van der Waals surface area contributed by atoms with Crippen LogP contribution in [0.2, 0.25) is 0 Å². The molecule has 8 nitrogen and oxygen atoms in total. The third kappa shape index (κ3) is 43.2. The van der Waals surface area contributed by atoms with Crippen LogP contribution in [0.3, 0.4) is 0 Å². The highest BCUT2D eigenvalue weighted by Crippen LogP contribution is 2.38. The molecular weight excluding hydrogens is 709 g/mol. The zero-order chi connectivity index (χ0) is 40.6. The Hall–Kier alpha value is -1.80. The minimum Gasteiger partial charge on any atom is -0.756 e. The zero-order valence-corrected chi connectivity index (χ0v) is 37.0. The molecule has 55 heavy (non-hydrogen) atoms. The second-order valence-corrected chi connectivity index (χ2v) is 17.1. The largest absolute Gasteiger partial charge is 0.756 e. The lowest BCUT2D eigenvalue weighted by molar-refractivity contribution is -0.870.